The highest BCUT2D eigenvalue weighted by molar-refractivity contribution is 6.33. The van der Waals surface area contributed by atoms with Gasteiger partial charge in [0.2, 0.25) is 5.91 Å². The molecule has 3 rings (SSSR count). The third-order valence-electron chi connectivity index (χ3n) is 5.03. The van der Waals surface area contributed by atoms with E-state index in [1.54, 1.807) is 24.3 Å². The molecule has 8 heteroatoms. The van der Waals surface area contributed by atoms with Crippen molar-refractivity contribution in [2.75, 3.05) is 19.1 Å². The molecule has 0 heterocycles. The van der Waals surface area contributed by atoms with Gasteiger partial charge in [0.15, 0.2) is 0 Å². The number of amides is 1. The number of halogens is 4. The molecule has 0 unspecified atom stereocenters. The van der Waals surface area contributed by atoms with Crippen LogP contribution >= 0.6 is 11.6 Å². The molecule has 0 fully saturated rings. The minimum absolute atomic E-state index is 0.0868. The first kappa shape index (κ1) is 23.2. The van der Waals surface area contributed by atoms with E-state index in [2.05, 4.69) is 6.58 Å². The van der Waals surface area contributed by atoms with E-state index in [9.17, 15) is 18.0 Å². The molecule has 0 radical (unpaired) electrons. The van der Waals surface area contributed by atoms with Crippen LogP contribution in [0.2, 0.25) is 5.02 Å². The summed E-state index contributed by atoms with van der Waals surface area (Å²) in [6.07, 6.45) is -4.65. The van der Waals surface area contributed by atoms with Gasteiger partial charge < -0.3 is 15.4 Å². The van der Waals surface area contributed by atoms with E-state index in [1.807, 2.05) is 0 Å². The molecule has 0 aliphatic rings. The molecular formula is C24H20ClF3N2O2. The summed E-state index contributed by atoms with van der Waals surface area (Å²) < 4.78 is 47.2. The molecule has 4 nitrogen and oxygen atoms in total. The molecule has 0 saturated carbocycles. The van der Waals surface area contributed by atoms with E-state index < -0.39 is 17.6 Å². The number of primary amides is 1. The van der Waals surface area contributed by atoms with Crippen LogP contribution in [0.4, 0.5) is 18.9 Å². The maximum Gasteiger partial charge on any atom is 0.418 e. The van der Waals surface area contributed by atoms with Crippen LogP contribution in [-0.4, -0.2) is 20.1 Å². The van der Waals surface area contributed by atoms with Crippen molar-refractivity contribution >= 4 is 28.9 Å². The van der Waals surface area contributed by atoms with Crippen molar-refractivity contribution < 1.29 is 22.7 Å². The second-order valence-corrected chi connectivity index (χ2v) is 7.43. The van der Waals surface area contributed by atoms with Crippen LogP contribution in [0.25, 0.3) is 16.8 Å². The summed E-state index contributed by atoms with van der Waals surface area (Å²) in [5, 5.41) is 0.199. The van der Waals surface area contributed by atoms with Gasteiger partial charge in [0.1, 0.15) is 5.75 Å². The van der Waals surface area contributed by atoms with Gasteiger partial charge in [0.25, 0.3) is 0 Å². The molecule has 0 saturated heterocycles. The Kier molecular flexibility index (Phi) is 6.50. The van der Waals surface area contributed by atoms with Crippen molar-refractivity contribution in [2.24, 2.45) is 5.73 Å². The van der Waals surface area contributed by atoms with E-state index in [0.29, 0.717) is 17.0 Å². The van der Waals surface area contributed by atoms with Crippen LogP contribution in [-0.2, 0) is 6.18 Å². The zero-order chi connectivity index (χ0) is 23.6. The molecule has 2 N–H and O–H groups in total. The van der Waals surface area contributed by atoms with Gasteiger partial charge in [-0.2, -0.15) is 13.2 Å². The van der Waals surface area contributed by atoms with Crippen LogP contribution in [0.15, 0.2) is 67.2 Å². The minimum Gasteiger partial charge on any atom is -0.497 e. The fourth-order valence-corrected chi connectivity index (χ4v) is 3.49. The first-order valence-corrected chi connectivity index (χ1v) is 9.78. The monoisotopic (exact) mass is 460 g/mol. The van der Waals surface area contributed by atoms with Gasteiger partial charge in [-0.1, -0.05) is 36.4 Å². The molecule has 166 valence electrons. The Hall–Kier alpha value is -3.45. The lowest BCUT2D eigenvalue weighted by atomic mass is 9.98. The molecular weight excluding hydrogens is 441 g/mol. The quantitative estimate of drug-likeness (QED) is 0.473. The number of carbonyl (C=O) groups excluding carboxylic acids is 1. The summed E-state index contributed by atoms with van der Waals surface area (Å²) in [6.45, 7) is 3.96. The summed E-state index contributed by atoms with van der Waals surface area (Å²) in [4.78, 5) is 12.9. The average molecular weight is 461 g/mol. The number of methoxy groups -OCH3 is 1. The van der Waals surface area contributed by atoms with Crippen molar-refractivity contribution in [3.63, 3.8) is 0 Å². The smallest absolute Gasteiger partial charge is 0.418 e. The topological polar surface area (TPSA) is 55.6 Å². The van der Waals surface area contributed by atoms with Gasteiger partial charge in [0, 0.05) is 34.5 Å². The molecule has 32 heavy (non-hydrogen) atoms. The molecule has 0 bridgehead atoms. The molecule has 0 spiro atoms. The lowest BCUT2D eigenvalue weighted by Crippen LogP contribution is -2.19. The van der Waals surface area contributed by atoms with Gasteiger partial charge in [-0.25, -0.2) is 0 Å². The second-order valence-electron chi connectivity index (χ2n) is 7.03. The number of hydrogen-bond donors (Lipinski definition) is 1. The van der Waals surface area contributed by atoms with E-state index in [1.165, 1.54) is 49.4 Å². The highest BCUT2D eigenvalue weighted by Crippen LogP contribution is 2.41. The predicted octanol–water partition coefficient (Wildman–Crippen LogP) is 6.24. The normalized spacial score (nSPS) is 11.2. The number of ether oxygens (including phenoxy) is 1. The van der Waals surface area contributed by atoms with Gasteiger partial charge >= 0.3 is 6.18 Å². The van der Waals surface area contributed by atoms with Gasteiger partial charge in [-0.05, 0) is 48.0 Å². The Bertz CT molecular complexity index is 1190. The number of nitrogens with zero attached hydrogens (tertiary/aromatic N) is 1. The maximum atomic E-state index is 14.0. The highest BCUT2D eigenvalue weighted by Gasteiger charge is 2.35. The third kappa shape index (κ3) is 4.73. The lowest BCUT2D eigenvalue weighted by Gasteiger charge is -2.26. The van der Waals surface area contributed by atoms with Crippen LogP contribution < -0.4 is 15.4 Å². The average Bonchev–Trinajstić information content (AvgIpc) is 2.77. The van der Waals surface area contributed by atoms with Gasteiger partial charge in [0.05, 0.1) is 18.4 Å². The van der Waals surface area contributed by atoms with Crippen LogP contribution in [0.1, 0.15) is 21.5 Å². The van der Waals surface area contributed by atoms with E-state index in [-0.39, 0.29) is 27.4 Å². The number of anilines is 1. The number of alkyl halides is 3. The first-order chi connectivity index (χ1) is 15.0. The summed E-state index contributed by atoms with van der Waals surface area (Å²) in [5.41, 5.74) is 5.93. The van der Waals surface area contributed by atoms with Crippen molar-refractivity contribution in [3.05, 3.63) is 89.0 Å². The number of nitrogens with two attached hydrogens (primary N) is 1. The second kappa shape index (κ2) is 8.96. The van der Waals surface area contributed by atoms with Crippen molar-refractivity contribution in [3.8, 4) is 16.9 Å². The summed E-state index contributed by atoms with van der Waals surface area (Å²) in [5.74, 6) is -0.141. The molecule has 1 amide bonds. The molecule has 3 aromatic rings. The van der Waals surface area contributed by atoms with Crippen LogP contribution in [0.3, 0.4) is 0 Å². The molecule has 0 aromatic heterocycles. The Morgan fingerprint density at radius 2 is 1.78 bits per heavy atom. The highest BCUT2D eigenvalue weighted by atomic mass is 35.5. The standard InChI is InChI=1S/C24H20ClF3N2O2/c1-14(15-5-4-6-18(11-15)32-3)30(2)22-10-8-16(13-20(22)24(26,27)28)19-12-17(23(29)31)7-9-21(19)25/h4-13H,1H2,2-3H3,(H2,29,31). The first-order valence-electron chi connectivity index (χ1n) is 9.41. The zero-order valence-electron chi connectivity index (χ0n) is 17.3. The van der Waals surface area contributed by atoms with Crippen molar-refractivity contribution in [1.82, 2.24) is 0 Å². The number of hydrogen-bond acceptors (Lipinski definition) is 3. The Morgan fingerprint density at radius 3 is 2.41 bits per heavy atom. The van der Waals surface area contributed by atoms with E-state index >= 15 is 0 Å². The molecule has 3 aromatic carbocycles. The van der Waals surface area contributed by atoms with Crippen LogP contribution in [0, 0.1) is 0 Å². The third-order valence-corrected chi connectivity index (χ3v) is 5.36. The maximum absolute atomic E-state index is 14.0. The Balaban J connectivity index is 2.09. The van der Waals surface area contributed by atoms with Crippen LogP contribution in [0.5, 0.6) is 5.75 Å². The number of rotatable bonds is 6. The van der Waals surface area contributed by atoms with Crippen molar-refractivity contribution in [2.45, 2.75) is 6.18 Å². The van der Waals surface area contributed by atoms with E-state index in [0.717, 1.165) is 6.07 Å². The fourth-order valence-electron chi connectivity index (χ4n) is 3.26. The molecule has 0 aliphatic heterocycles. The molecule has 0 atom stereocenters. The summed E-state index contributed by atoms with van der Waals surface area (Å²) in [6, 6.07) is 14.9. The lowest BCUT2D eigenvalue weighted by molar-refractivity contribution is -0.137. The molecule has 0 aliphatic carbocycles. The SMILES string of the molecule is C=C(c1cccc(OC)c1)N(C)c1ccc(-c2cc(C(N)=O)ccc2Cl)cc1C(F)(F)F. The largest absolute Gasteiger partial charge is 0.497 e. The minimum atomic E-state index is -4.65. The van der Waals surface area contributed by atoms with E-state index in [4.69, 9.17) is 22.1 Å². The Morgan fingerprint density at radius 1 is 1.06 bits per heavy atom. The number of benzene rings is 3. The summed E-state index contributed by atoms with van der Waals surface area (Å²) in [7, 11) is 3.01. The zero-order valence-corrected chi connectivity index (χ0v) is 18.1. The van der Waals surface area contributed by atoms with Gasteiger partial charge in [-0.15, -0.1) is 0 Å². The number of carbonyl (C=O) groups is 1. The van der Waals surface area contributed by atoms with Gasteiger partial charge in [-0.3, -0.25) is 4.79 Å². The summed E-state index contributed by atoms with van der Waals surface area (Å²) >= 11 is 6.19. The Labute approximate surface area is 188 Å². The fraction of sp³-hybridized carbons (Fsp3) is 0.125. The van der Waals surface area contributed by atoms with Crippen molar-refractivity contribution in [1.29, 1.82) is 0 Å². The predicted molar refractivity (Wildman–Crippen MR) is 121 cm³/mol.